The van der Waals surface area contributed by atoms with Crippen molar-refractivity contribution in [1.82, 2.24) is 14.6 Å². The summed E-state index contributed by atoms with van der Waals surface area (Å²) in [6.07, 6.45) is 2.68. The van der Waals surface area contributed by atoms with E-state index < -0.39 is 15.6 Å². The predicted molar refractivity (Wildman–Crippen MR) is 114 cm³/mol. The number of hydrogen-bond donors (Lipinski definition) is 2. The number of benzene rings is 1. The fraction of sp³-hybridized carbons (Fsp3) is 0.524. The number of aromatic nitrogens is 1. The van der Waals surface area contributed by atoms with Crippen LogP contribution in [0.2, 0.25) is 0 Å². The molecule has 0 spiro atoms. The lowest BCUT2D eigenvalue weighted by molar-refractivity contribution is 0.0953. The van der Waals surface area contributed by atoms with Gasteiger partial charge in [-0.15, -0.1) is 0 Å². The lowest BCUT2D eigenvalue weighted by Gasteiger charge is -2.30. The fourth-order valence-electron chi connectivity index (χ4n) is 3.66. The van der Waals surface area contributed by atoms with Gasteiger partial charge in [0, 0.05) is 36.6 Å². The molecule has 158 valence electrons. The van der Waals surface area contributed by atoms with Crippen LogP contribution in [0.5, 0.6) is 0 Å². The van der Waals surface area contributed by atoms with Gasteiger partial charge in [-0.1, -0.05) is 20.8 Å². The Bertz CT molecular complexity index is 1060. The third-order valence-electron chi connectivity index (χ3n) is 5.32. The number of fused-ring (bicyclic) bond motifs is 1. The highest BCUT2D eigenvalue weighted by atomic mass is 32.2. The van der Waals surface area contributed by atoms with Crippen LogP contribution < -0.4 is 10.9 Å². The normalized spacial score (nSPS) is 18.3. The third kappa shape index (κ3) is 4.87. The first-order valence-corrected chi connectivity index (χ1v) is 11.6. The maximum Gasteiger partial charge on any atom is 0.252 e. The average molecular weight is 420 g/mol. The molecule has 0 aliphatic carbocycles. The number of nitrogens with one attached hydrogen (secondary N) is 2. The van der Waals surface area contributed by atoms with Crippen LogP contribution in [0.15, 0.2) is 34.0 Å². The molecule has 0 unspecified atom stereocenters. The molecule has 2 N–H and O–H groups in total. The number of rotatable bonds is 6. The second kappa shape index (κ2) is 8.67. The summed E-state index contributed by atoms with van der Waals surface area (Å²) in [7, 11) is -3.66. The van der Waals surface area contributed by atoms with Gasteiger partial charge in [0.2, 0.25) is 15.6 Å². The number of H-pyrrole nitrogens is 1. The van der Waals surface area contributed by atoms with Crippen molar-refractivity contribution in [2.45, 2.75) is 44.9 Å². The second-order valence-electron chi connectivity index (χ2n) is 8.30. The molecule has 7 nitrogen and oxygen atoms in total. The van der Waals surface area contributed by atoms with Crippen LogP contribution in [0, 0.1) is 11.8 Å². The SMILES string of the molecule is CC(C)CCNC(=O)c1cc(=O)[nH]c2ccc(S(=O)(=O)N3CCC[C@H](C)C3)cc12. The smallest absolute Gasteiger partial charge is 0.252 e. The first-order valence-electron chi connectivity index (χ1n) is 10.1. The molecule has 2 heterocycles. The van der Waals surface area contributed by atoms with E-state index in [2.05, 4.69) is 24.1 Å². The van der Waals surface area contributed by atoms with Gasteiger partial charge in [-0.3, -0.25) is 9.59 Å². The summed E-state index contributed by atoms with van der Waals surface area (Å²) >= 11 is 0. The minimum absolute atomic E-state index is 0.141. The average Bonchev–Trinajstić information content (AvgIpc) is 2.66. The summed E-state index contributed by atoms with van der Waals surface area (Å²) in [4.78, 5) is 27.5. The van der Waals surface area contributed by atoms with Gasteiger partial charge in [0.15, 0.2) is 0 Å². The van der Waals surface area contributed by atoms with Crippen molar-refractivity contribution in [2.75, 3.05) is 19.6 Å². The Morgan fingerprint density at radius 2 is 2.07 bits per heavy atom. The van der Waals surface area contributed by atoms with Gasteiger partial charge in [-0.25, -0.2) is 8.42 Å². The first kappa shape index (κ1) is 21.5. The van der Waals surface area contributed by atoms with E-state index in [9.17, 15) is 18.0 Å². The number of aromatic amines is 1. The molecular weight excluding hydrogens is 390 g/mol. The molecule has 1 fully saturated rings. The fourth-order valence-corrected chi connectivity index (χ4v) is 5.29. The van der Waals surface area contributed by atoms with E-state index in [1.54, 1.807) is 6.07 Å². The molecule has 1 aromatic carbocycles. The van der Waals surface area contributed by atoms with E-state index in [4.69, 9.17) is 0 Å². The number of carbonyl (C=O) groups is 1. The zero-order valence-electron chi connectivity index (χ0n) is 17.2. The summed E-state index contributed by atoms with van der Waals surface area (Å²) < 4.78 is 27.8. The number of hydrogen-bond acceptors (Lipinski definition) is 4. The second-order valence-corrected chi connectivity index (χ2v) is 10.2. The van der Waals surface area contributed by atoms with Gasteiger partial charge in [-0.05, 0) is 49.3 Å². The molecule has 1 saturated heterocycles. The highest BCUT2D eigenvalue weighted by Crippen LogP contribution is 2.26. The van der Waals surface area contributed by atoms with Crippen molar-refractivity contribution in [3.05, 3.63) is 40.2 Å². The van der Waals surface area contributed by atoms with Gasteiger partial charge >= 0.3 is 0 Å². The molecule has 1 amide bonds. The number of piperidine rings is 1. The molecule has 1 aromatic heterocycles. The molecule has 1 atom stereocenters. The van der Waals surface area contributed by atoms with Crippen molar-refractivity contribution >= 4 is 26.8 Å². The van der Waals surface area contributed by atoms with Crippen molar-refractivity contribution in [3.63, 3.8) is 0 Å². The summed E-state index contributed by atoms with van der Waals surface area (Å²) in [5, 5.41) is 3.25. The van der Waals surface area contributed by atoms with E-state index >= 15 is 0 Å². The third-order valence-corrected chi connectivity index (χ3v) is 7.19. The van der Waals surface area contributed by atoms with Crippen LogP contribution in [-0.4, -0.2) is 43.2 Å². The van der Waals surface area contributed by atoms with E-state index in [-0.39, 0.29) is 16.4 Å². The number of carbonyl (C=O) groups excluding carboxylic acids is 1. The minimum Gasteiger partial charge on any atom is -0.352 e. The molecule has 1 aliphatic heterocycles. The number of sulfonamides is 1. The van der Waals surface area contributed by atoms with Crippen LogP contribution >= 0.6 is 0 Å². The molecule has 0 radical (unpaired) electrons. The summed E-state index contributed by atoms with van der Waals surface area (Å²) in [5.41, 5.74) is 0.237. The molecule has 29 heavy (non-hydrogen) atoms. The molecule has 1 aliphatic rings. The molecule has 8 heteroatoms. The number of amides is 1. The monoisotopic (exact) mass is 419 g/mol. The van der Waals surface area contributed by atoms with E-state index in [0.717, 1.165) is 19.3 Å². The maximum absolute atomic E-state index is 13.1. The largest absolute Gasteiger partial charge is 0.352 e. The Morgan fingerprint density at radius 1 is 1.31 bits per heavy atom. The molecule has 0 bridgehead atoms. The van der Waals surface area contributed by atoms with Crippen molar-refractivity contribution in [1.29, 1.82) is 0 Å². The van der Waals surface area contributed by atoms with Crippen molar-refractivity contribution < 1.29 is 13.2 Å². The van der Waals surface area contributed by atoms with Crippen molar-refractivity contribution in [3.8, 4) is 0 Å². The predicted octanol–water partition coefficient (Wildman–Crippen LogP) is 2.72. The Balaban J connectivity index is 1.99. The zero-order chi connectivity index (χ0) is 21.2. The molecule has 3 rings (SSSR count). The van der Waals surface area contributed by atoms with Gasteiger partial charge in [0.05, 0.1) is 10.5 Å². The van der Waals surface area contributed by atoms with Crippen molar-refractivity contribution in [2.24, 2.45) is 11.8 Å². The molecule has 0 saturated carbocycles. The first-order chi connectivity index (χ1) is 13.7. The van der Waals surface area contributed by atoms with E-state index in [1.165, 1.54) is 22.5 Å². The van der Waals surface area contributed by atoms with Crippen LogP contribution in [0.1, 0.15) is 50.4 Å². The Labute approximate surface area is 171 Å². The number of pyridine rings is 1. The van der Waals surface area contributed by atoms with Gasteiger partial charge < -0.3 is 10.3 Å². The van der Waals surface area contributed by atoms with Crippen LogP contribution in [0.3, 0.4) is 0 Å². The Morgan fingerprint density at radius 3 is 2.76 bits per heavy atom. The standard InChI is InChI=1S/C21H29N3O4S/c1-14(2)8-9-22-21(26)18-12-20(25)23-19-7-6-16(11-17(18)19)29(27,28)24-10-4-5-15(3)13-24/h6-7,11-12,14-15H,4-5,8-10,13H2,1-3H3,(H,22,26)(H,23,25)/t15-/m0/s1. The summed E-state index contributed by atoms with van der Waals surface area (Å²) in [6.45, 7) is 7.66. The lowest BCUT2D eigenvalue weighted by Crippen LogP contribution is -2.39. The molecule has 2 aromatic rings. The Hall–Kier alpha value is -2.19. The summed E-state index contributed by atoms with van der Waals surface area (Å²) in [5.74, 6) is 0.385. The van der Waals surface area contributed by atoms with E-state index in [0.29, 0.717) is 42.4 Å². The van der Waals surface area contributed by atoms with Crippen LogP contribution in [-0.2, 0) is 10.0 Å². The van der Waals surface area contributed by atoms with Crippen LogP contribution in [0.25, 0.3) is 10.9 Å². The minimum atomic E-state index is -3.66. The Kier molecular flexibility index (Phi) is 6.43. The maximum atomic E-state index is 13.1. The molecular formula is C21H29N3O4S. The van der Waals surface area contributed by atoms with Crippen LogP contribution in [0.4, 0.5) is 0 Å². The van der Waals surface area contributed by atoms with Gasteiger partial charge in [0.25, 0.3) is 5.91 Å². The topological polar surface area (TPSA) is 99.3 Å². The van der Waals surface area contributed by atoms with Gasteiger partial charge in [-0.2, -0.15) is 4.31 Å². The van der Waals surface area contributed by atoms with E-state index in [1.807, 2.05) is 6.92 Å². The zero-order valence-corrected chi connectivity index (χ0v) is 18.0. The quantitative estimate of drug-likeness (QED) is 0.752. The highest BCUT2D eigenvalue weighted by Gasteiger charge is 2.29. The number of nitrogens with zero attached hydrogens (tertiary/aromatic N) is 1. The van der Waals surface area contributed by atoms with Gasteiger partial charge in [0.1, 0.15) is 0 Å². The highest BCUT2D eigenvalue weighted by molar-refractivity contribution is 7.89. The summed E-state index contributed by atoms with van der Waals surface area (Å²) in [6, 6.07) is 5.78. The lowest BCUT2D eigenvalue weighted by atomic mass is 10.0.